The summed E-state index contributed by atoms with van der Waals surface area (Å²) in [5.74, 6) is 3.90. The van der Waals surface area contributed by atoms with E-state index in [4.69, 9.17) is 28.4 Å². The van der Waals surface area contributed by atoms with Crippen LogP contribution in [0.15, 0.2) is 218 Å². The fraction of sp³-hybridized carbons (Fsp3) is 0.279. The molecule has 9 nitrogen and oxygen atoms in total. The number of hydrogen-bond acceptors (Lipinski definition) is 9. The standard InChI is InChI=1S/C20H24IO3.C19H22IO5.C17H20I.C16H18I.C14H14IO.5F6P/c1-6-23-20(22)16(5)24-18-9-7-17(8-10-18)21-19-14(3)11-13(2)12-15(19)4;1-4-25-18(22)11-13-5-7-15(8-6-13)20-19-16(23-2)9-14(12-21)10-17(19)24-3;1-13(2)12-15-6-10-17(11-7-15)18-16-8-4-14(3)5-9-16;1-12(2)14-6-10-16(11-7-14)17-15-8-4-13(3)5-9-15;1-11-3-5-12(6-4-11)15-13-7-9-14(16-2)10-8-13;5*1-7(2,3,4,5)6/h7-12,16H,6H2,1-5H3;5-10,21H,4,11-12H2,1-3H3;4-11,13H,12H2,1-3H3;4-12H,1-3H3;3-10H,1-2H3;;;;;/q5*+1;5*-1. The van der Waals surface area contributed by atoms with Crippen LogP contribution in [-0.2, 0) is 38.5 Å². The number of methoxy groups -OCH3 is 3. The van der Waals surface area contributed by atoms with Gasteiger partial charge in [0.25, 0.3) is 3.57 Å². The molecule has 0 bridgehead atoms. The molecule has 0 aliphatic carbocycles. The Labute approximate surface area is 813 Å². The van der Waals surface area contributed by atoms with Gasteiger partial charge in [0.05, 0.1) is 47.6 Å². The zero-order valence-electron chi connectivity index (χ0n) is 74.2. The van der Waals surface area contributed by atoms with Crippen LogP contribution in [0.1, 0.15) is 110 Å². The zero-order chi connectivity index (χ0) is 105. The Bertz CT molecular complexity index is 5120. The van der Waals surface area contributed by atoms with Crippen LogP contribution < -0.4 is 125 Å². The molecule has 766 valence electrons. The molecule has 0 fully saturated rings. The molecule has 49 heteroatoms. The summed E-state index contributed by atoms with van der Waals surface area (Å²) < 4.78 is 342. The molecule has 135 heavy (non-hydrogen) atoms. The van der Waals surface area contributed by atoms with Crippen molar-refractivity contribution in [1.29, 1.82) is 0 Å². The number of hydrogen-bond donors (Lipinski definition) is 1. The molecule has 0 spiro atoms. The third-order valence-corrected chi connectivity index (χ3v) is 29.4. The van der Waals surface area contributed by atoms with E-state index in [2.05, 4.69) is 227 Å². The Hall–Kier alpha value is -6.00. The molecule has 1 unspecified atom stereocenters. The van der Waals surface area contributed by atoms with Crippen LogP contribution in [0.4, 0.5) is 126 Å². The van der Waals surface area contributed by atoms with E-state index in [0.29, 0.717) is 24.9 Å². The van der Waals surface area contributed by atoms with E-state index in [9.17, 15) is 141 Å². The monoisotopic (exact) mass is 2630 g/mol. The number of carbonyl (C=O) groups is 2. The van der Waals surface area contributed by atoms with Crippen molar-refractivity contribution >= 4 is 51.0 Å². The van der Waals surface area contributed by atoms with Crippen molar-refractivity contribution < 1.29 is 275 Å². The van der Waals surface area contributed by atoms with E-state index in [1.54, 1.807) is 42.1 Å². The van der Waals surface area contributed by atoms with Gasteiger partial charge in [0, 0.05) is 11.1 Å². The van der Waals surface area contributed by atoms with E-state index in [1.807, 2.05) is 60.7 Å². The molecule has 10 aromatic carbocycles. The second-order valence-electron chi connectivity index (χ2n) is 29.0. The number of ether oxygens (including phenoxy) is 6. The number of halogens is 35. The van der Waals surface area contributed by atoms with Crippen LogP contribution in [0.2, 0.25) is 0 Å². The first-order chi connectivity index (χ1) is 60.3. The number of benzene rings is 10. The van der Waals surface area contributed by atoms with Crippen molar-refractivity contribution in [3.8, 4) is 23.0 Å². The Morgan fingerprint density at radius 2 is 0.585 bits per heavy atom. The average molecular weight is 2640 g/mol. The van der Waals surface area contributed by atoms with Gasteiger partial charge in [-0.25, -0.2) is 4.79 Å². The summed E-state index contributed by atoms with van der Waals surface area (Å²) in [6, 6.07) is 77.6. The average Bonchev–Trinajstić information content (AvgIpc) is 0.796. The third-order valence-electron chi connectivity index (χ3n) is 14.8. The van der Waals surface area contributed by atoms with Crippen molar-refractivity contribution in [3.05, 3.63) is 310 Å². The van der Waals surface area contributed by atoms with E-state index >= 15 is 0 Å². The first kappa shape index (κ1) is 127. The number of aliphatic hydroxyl groups excluding tert-OH is 1. The summed E-state index contributed by atoms with van der Waals surface area (Å²) >= 11 is -0.854. The number of carbonyl (C=O) groups excluding carboxylic acids is 2. The Morgan fingerprint density at radius 3 is 0.859 bits per heavy atom. The van der Waals surface area contributed by atoms with Gasteiger partial charge in [-0.2, -0.15) is 0 Å². The van der Waals surface area contributed by atoms with Crippen molar-refractivity contribution in [2.45, 2.75) is 121 Å². The normalized spacial score (nSPS) is 14.1. The minimum absolute atomic E-state index is 0.0167. The zero-order valence-corrected chi connectivity index (χ0v) is 89.5. The summed E-state index contributed by atoms with van der Waals surface area (Å²) in [4.78, 5) is 23.2. The molecule has 0 amide bonds. The fourth-order valence-corrected chi connectivity index (χ4v) is 21.2. The van der Waals surface area contributed by atoms with E-state index < -0.39 is 66.4 Å². The molecule has 0 aromatic heterocycles. The quantitative estimate of drug-likeness (QED) is 0.0274. The molecule has 0 saturated heterocycles. The van der Waals surface area contributed by atoms with Gasteiger partial charge in [-0.15, -0.1) is 0 Å². The summed E-state index contributed by atoms with van der Waals surface area (Å²) in [5.41, 5.74) is 12.6. The van der Waals surface area contributed by atoms with Gasteiger partial charge in [0.2, 0.25) is 0 Å². The maximum atomic E-state index is 11.6. The second kappa shape index (κ2) is 47.7. The summed E-state index contributed by atoms with van der Waals surface area (Å²) in [7, 11) is -48.4. The van der Waals surface area contributed by atoms with Gasteiger partial charge in [-0.05, 0) is 236 Å². The fourth-order valence-electron chi connectivity index (χ4n) is 9.64. The Balaban J connectivity index is 0.000000779. The third kappa shape index (κ3) is 79.4. The topological polar surface area (TPSA) is 110 Å². The molecule has 0 saturated carbocycles. The summed E-state index contributed by atoms with van der Waals surface area (Å²) in [5, 5.41) is 9.36. The predicted octanol–water partition coefficient (Wildman–Crippen LogP) is 20.1. The molecule has 1 atom stereocenters. The van der Waals surface area contributed by atoms with E-state index in [1.165, 1.54) is 83.1 Å². The Morgan fingerprint density at radius 1 is 0.319 bits per heavy atom. The molecule has 10 rings (SSSR count). The molecule has 0 heterocycles. The molecule has 1 N–H and O–H groups in total. The van der Waals surface area contributed by atoms with Gasteiger partial charge in [0.1, 0.15) is 11.5 Å². The van der Waals surface area contributed by atoms with Gasteiger partial charge < -0.3 is 33.5 Å². The van der Waals surface area contributed by atoms with Crippen LogP contribution in [0.3, 0.4) is 0 Å². The molecule has 0 radical (unpaired) electrons. The van der Waals surface area contributed by atoms with Crippen LogP contribution >= 0.6 is 39.0 Å². The summed E-state index contributed by atoms with van der Waals surface area (Å²) in [6.45, 7) is 27.9. The van der Waals surface area contributed by atoms with Gasteiger partial charge in [-0.3, -0.25) is 4.79 Å². The molecular weight excluding hydrogens is 2540 g/mol. The number of rotatable bonds is 24. The second-order valence-corrected chi connectivity index (χ2v) is 53.4. The van der Waals surface area contributed by atoms with Gasteiger partial charge in [0.15, 0.2) is 49.7 Å². The first-order valence-corrected chi connectivity index (χ1v) is 59.5. The Kier molecular flexibility index (Phi) is 44.9. The summed E-state index contributed by atoms with van der Waals surface area (Å²) in [6.07, 6.45) is 0.875. The van der Waals surface area contributed by atoms with Crippen molar-refractivity contribution in [1.82, 2.24) is 0 Å². The van der Waals surface area contributed by atoms with Gasteiger partial charge >= 0.3 is 283 Å². The van der Waals surface area contributed by atoms with Crippen LogP contribution in [-0.4, -0.2) is 57.7 Å². The predicted molar refractivity (Wildman–Crippen MR) is 453 cm³/mol. The van der Waals surface area contributed by atoms with Crippen LogP contribution in [0, 0.1) is 83.2 Å². The molecule has 0 aliphatic rings. The van der Waals surface area contributed by atoms with Crippen molar-refractivity contribution in [2.75, 3.05) is 34.5 Å². The molecular formula is C86H98F30I5O9P5. The van der Waals surface area contributed by atoms with Gasteiger partial charge in [-0.1, -0.05) is 135 Å². The van der Waals surface area contributed by atoms with Crippen LogP contribution in [0.25, 0.3) is 0 Å². The molecule has 0 aliphatic heterocycles. The number of aliphatic hydroxyl groups is 1. The van der Waals surface area contributed by atoms with E-state index in [0.717, 1.165) is 37.9 Å². The SMILES string of the molecule is CCOC(=O)C(C)Oc1ccc([I+]c2c(C)cc(C)cc2C)cc1.CCOC(=O)Cc1ccc([I+]c2c(OC)cc(CO)cc2OC)cc1.COc1ccc([I+]c2ccc(C)cc2)cc1.Cc1ccc([I+]c2ccc(C(C)C)cc2)cc1.Cc1ccc([I+]c2ccc(CC(C)C)cc2)cc1.F[P-](F)(F)(F)(F)F.F[P-](F)(F)(F)(F)F.F[P-](F)(F)(F)(F)F.F[P-](F)(F)(F)(F)F.F[P-](F)(F)(F)(F)F. The first-order valence-electron chi connectivity index (χ1n) is 38.5. The minimum atomic E-state index is -10.7. The molecule has 10 aromatic rings. The maximum absolute atomic E-state index is 11.6. The number of esters is 2. The number of aryl methyl sites for hydroxylation is 6. The van der Waals surface area contributed by atoms with Crippen molar-refractivity contribution in [2.24, 2.45) is 5.92 Å². The van der Waals surface area contributed by atoms with Crippen molar-refractivity contribution in [3.63, 3.8) is 0 Å². The van der Waals surface area contributed by atoms with E-state index in [-0.39, 0.29) is 110 Å². The van der Waals surface area contributed by atoms with Crippen LogP contribution in [0.5, 0.6) is 23.0 Å².